The van der Waals surface area contributed by atoms with E-state index in [9.17, 15) is 27.6 Å². The molecule has 1 atom stereocenters. The van der Waals surface area contributed by atoms with Crippen molar-refractivity contribution < 1.29 is 37.0 Å². The minimum Gasteiger partial charge on any atom is -0.475 e. The summed E-state index contributed by atoms with van der Waals surface area (Å²) in [6.45, 7) is 1.19. The fraction of sp³-hybridized carbons (Fsp3) is 0.444. The minimum absolute atomic E-state index is 0.0201. The number of Topliss-reactive ketones (excluding diaryl/α,β-unsaturated/α-hetero) is 1. The molecule has 204 valence electrons. The fourth-order valence-corrected chi connectivity index (χ4v) is 4.22. The molecular weight excluding hydrogens is 506 g/mol. The Balaban J connectivity index is 0.000000505. The summed E-state index contributed by atoms with van der Waals surface area (Å²) in [5.41, 5.74) is 9.06. The topological polar surface area (TPSA) is 117 Å². The minimum atomic E-state index is -5.08. The Bertz CT molecular complexity index is 1180. The fourth-order valence-electron chi connectivity index (χ4n) is 4.22. The summed E-state index contributed by atoms with van der Waals surface area (Å²) in [5, 5.41) is 17.1. The maximum Gasteiger partial charge on any atom is 0.490 e. The van der Waals surface area contributed by atoms with Gasteiger partial charge in [-0.15, -0.1) is 0 Å². The van der Waals surface area contributed by atoms with Crippen molar-refractivity contribution in [2.45, 2.75) is 63.3 Å². The SMILES string of the molecule is N#CC1=C(c2cccc(F)c2)C2=CC(OCCCCCCN)C(=O)CC2=CN1C1CC1.O=C(O)C(F)(F)F. The Morgan fingerprint density at radius 1 is 1.21 bits per heavy atom. The molecule has 1 aromatic rings. The average molecular weight is 536 g/mol. The molecule has 1 aromatic carbocycles. The molecule has 0 saturated heterocycles. The van der Waals surface area contributed by atoms with Crippen molar-refractivity contribution in [1.29, 1.82) is 5.26 Å². The summed E-state index contributed by atoms with van der Waals surface area (Å²) in [6, 6.07) is 8.91. The molecule has 1 aliphatic heterocycles. The van der Waals surface area contributed by atoms with Crippen LogP contribution in [0.25, 0.3) is 5.57 Å². The van der Waals surface area contributed by atoms with Crippen molar-refractivity contribution in [2.24, 2.45) is 5.73 Å². The average Bonchev–Trinajstić information content (AvgIpc) is 3.70. The smallest absolute Gasteiger partial charge is 0.475 e. The van der Waals surface area contributed by atoms with E-state index < -0.39 is 18.2 Å². The highest BCUT2D eigenvalue weighted by Crippen LogP contribution is 2.44. The third-order valence-electron chi connectivity index (χ3n) is 6.20. The van der Waals surface area contributed by atoms with Gasteiger partial charge < -0.3 is 20.5 Å². The van der Waals surface area contributed by atoms with E-state index >= 15 is 0 Å². The van der Waals surface area contributed by atoms with Crippen LogP contribution >= 0.6 is 0 Å². The number of ether oxygens (including phenoxy) is 1. The van der Waals surface area contributed by atoms with Crippen LogP contribution in [-0.2, 0) is 14.3 Å². The van der Waals surface area contributed by atoms with Gasteiger partial charge in [-0.1, -0.05) is 25.0 Å². The summed E-state index contributed by atoms with van der Waals surface area (Å²) < 4.78 is 51.7. The molecule has 3 N–H and O–H groups in total. The van der Waals surface area contributed by atoms with Crippen molar-refractivity contribution in [2.75, 3.05) is 13.2 Å². The molecule has 1 heterocycles. The van der Waals surface area contributed by atoms with Crippen molar-refractivity contribution in [3.05, 3.63) is 64.8 Å². The second kappa shape index (κ2) is 12.8. The first-order valence-corrected chi connectivity index (χ1v) is 12.3. The lowest BCUT2D eigenvalue weighted by atomic mass is 9.81. The van der Waals surface area contributed by atoms with E-state index in [2.05, 4.69) is 6.07 Å². The first kappa shape index (κ1) is 29.1. The Labute approximate surface area is 217 Å². The molecule has 0 radical (unpaired) electrons. The molecule has 3 aliphatic rings. The van der Waals surface area contributed by atoms with Crippen molar-refractivity contribution >= 4 is 17.3 Å². The zero-order valence-corrected chi connectivity index (χ0v) is 20.6. The number of carbonyl (C=O) groups is 2. The van der Waals surface area contributed by atoms with Crippen molar-refractivity contribution in [3.8, 4) is 6.07 Å². The van der Waals surface area contributed by atoms with Crippen LogP contribution in [0.3, 0.4) is 0 Å². The third-order valence-corrected chi connectivity index (χ3v) is 6.20. The predicted molar refractivity (Wildman–Crippen MR) is 131 cm³/mol. The second-order valence-electron chi connectivity index (χ2n) is 9.16. The summed E-state index contributed by atoms with van der Waals surface area (Å²) in [4.78, 5) is 23.6. The number of unbranched alkanes of at least 4 members (excludes halogenated alkanes) is 3. The summed E-state index contributed by atoms with van der Waals surface area (Å²) >= 11 is 0. The quantitative estimate of drug-likeness (QED) is 0.343. The van der Waals surface area contributed by atoms with Gasteiger partial charge in [-0.05, 0) is 67.1 Å². The molecule has 11 heteroatoms. The van der Waals surface area contributed by atoms with Gasteiger partial charge in [-0.2, -0.15) is 18.4 Å². The Kier molecular flexibility index (Phi) is 9.83. The Morgan fingerprint density at radius 2 is 1.89 bits per heavy atom. The number of nitrogens with zero attached hydrogens (tertiary/aromatic N) is 2. The molecule has 1 fully saturated rings. The van der Waals surface area contributed by atoms with Gasteiger partial charge in [-0.3, -0.25) is 4.79 Å². The van der Waals surface area contributed by atoms with Gasteiger partial charge in [0.2, 0.25) is 0 Å². The molecule has 7 nitrogen and oxygen atoms in total. The predicted octanol–water partition coefficient (Wildman–Crippen LogP) is 4.86. The second-order valence-corrected chi connectivity index (χ2v) is 9.16. The van der Waals surface area contributed by atoms with Gasteiger partial charge >= 0.3 is 12.1 Å². The van der Waals surface area contributed by atoms with Crippen LogP contribution in [0.2, 0.25) is 0 Å². The number of nitriles is 1. The first-order chi connectivity index (χ1) is 18.1. The highest BCUT2D eigenvalue weighted by atomic mass is 19.4. The highest BCUT2D eigenvalue weighted by Gasteiger charge is 2.39. The van der Waals surface area contributed by atoms with Crippen LogP contribution in [0.5, 0.6) is 0 Å². The van der Waals surface area contributed by atoms with Crippen LogP contribution in [0.4, 0.5) is 17.6 Å². The number of carboxylic acids is 1. The van der Waals surface area contributed by atoms with Crippen LogP contribution < -0.4 is 5.73 Å². The van der Waals surface area contributed by atoms with E-state index in [0.717, 1.165) is 49.7 Å². The maximum absolute atomic E-state index is 14.0. The van der Waals surface area contributed by atoms with Crippen LogP contribution in [-0.4, -0.2) is 53.2 Å². The lowest BCUT2D eigenvalue weighted by molar-refractivity contribution is -0.192. The number of hydrogen-bond donors (Lipinski definition) is 2. The van der Waals surface area contributed by atoms with Crippen LogP contribution in [0.1, 0.15) is 50.5 Å². The number of allylic oxidation sites excluding steroid dienone is 4. The van der Waals surface area contributed by atoms with Gasteiger partial charge in [0.05, 0.1) is 0 Å². The molecule has 0 spiro atoms. The van der Waals surface area contributed by atoms with Crippen molar-refractivity contribution in [3.63, 3.8) is 0 Å². The zero-order valence-electron chi connectivity index (χ0n) is 20.6. The number of fused-ring (bicyclic) bond motifs is 1. The number of rotatable bonds is 9. The van der Waals surface area contributed by atoms with E-state index in [4.69, 9.17) is 20.4 Å². The number of benzene rings is 1. The lowest BCUT2D eigenvalue weighted by Gasteiger charge is -2.34. The monoisotopic (exact) mass is 535 g/mol. The van der Waals surface area contributed by atoms with Gasteiger partial charge in [-0.25, -0.2) is 9.18 Å². The number of nitrogens with two attached hydrogens (primary N) is 1. The molecule has 1 unspecified atom stereocenters. The normalized spacial score (nSPS) is 19.1. The number of hydrogen-bond acceptors (Lipinski definition) is 6. The highest BCUT2D eigenvalue weighted by molar-refractivity contribution is 5.98. The summed E-state index contributed by atoms with van der Waals surface area (Å²) in [6.07, 6.45) is 4.25. The number of alkyl halides is 3. The number of ketones is 1. The van der Waals surface area contributed by atoms with E-state index in [1.807, 2.05) is 23.2 Å². The Morgan fingerprint density at radius 3 is 2.47 bits per heavy atom. The molecule has 1 saturated carbocycles. The van der Waals surface area contributed by atoms with Crippen molar-refractivity contribution in [1.82, 2.24) is 4.90 Å². The molecule has 0 amide bonds. The Hall–Kier alpha value is -3.49. The number of carbonyl (C=O) groups excluding carboxylic acids is 1. The summed E-state index contributed by atoms with van der Waals surface area (Å²) in [5.74, 6) is -3.09. The standard InChI is InChI=1S/C25H28FN3O2.C2HF3O2/c26-19-7-5-6-17(12-19)25-21-14-24(31-11-4-2-1-3-10-27)23(30)13-18(21)16-29(20-8-9-20)22(25)15-28;3-2(4,5)1(6)7/h5-7,12,14,16,20,24H,1-4,8-11,13,27H2;(H,6,7). The van der Waals surface area contributed by atoms with Gasteiger partial charge in [0, 0.05) is 30.8 Å². The van der Waals surface area contributed by atoms with Gasteiger partial charge in [0.1, 0.15) is 23.7 Å². The molecule has 0 bridgehead atoms. The zero-order chi connectivity index (χ0) is 27.9. The first-order valence-electron chi connectivity index (χ1n) is 12.3. The largest absolute Gasteiger partial charge is 0.490 e. The van der Waals surface area contributed by atoms with Crippen LogP contribution in [0.15, 0.2) is 53.4 Å². The van der Waals surface area contributed by atoms with E-state index in [1.54, 1.807) is 6.07 Å². The summed E-state index contributed by atoms with van der Waals surface area (Å²) in [7, 11) is 0. The van der Waals surface area contributed by atoms with E-state index in [-0.39, 0.29) is 24.1 Å². The number of halogens is 4. The van der Waals surface area contributed by atoms with Gasteiger partial charge in [0.25, 0.3) is 0 Å². The van der Waals surface area contributed by atoms with Crippen LogP contribution in [0, 0.1) is 17.1 Å². The molecule has 38 heavy (non-hydrogen) atoms. The molecule has 2 aliphatic carbocycles. The third kappa shape index (κ3) is 7.52. The van der Waals surface area contributed by atoms with Gasteiger partial charge in [0.15, 0.2) is 5.78 Å². The maximum atomic E-state index is 14.0. The molecule has 0 aromatic heterocycles. The lowest BCUT2D eigenvalue weighted by Crippen LogP contribution is -2.32. The van der Waals surface area contributed by atoms with E-state index in [0.29, 0.717) is 30.0 Å². The van der Waals surface area contributed by atoms with E-state index in [1.165, 1.54) is 12.1 Å². The number of aliphatic carboxylic acids is 1. The molecular formula is C27H29F4N3O4. The number of carboxylic acid groups (broad SMARTS) is 1. The molecule has 4 rings (SSSR count).